The predicted molar refractivity (Wildman–Crippen MR) is 78.9 cm³/mol. The fourth-order valence-electron chi connectivity index (χ4n) is 2.61. The van der Waals surface area contributed by atoms with Crippen LogP contribution >= 0.6 is 21.2 Å². The van der Waals surface area contributed by atoms with Crippen molar-refractivity contribution in [2.75, 3.05) is 0 Å². The van der Waals surface area contributed by atoms with Gasteiger partial charge in [0.05, 0.1) is 12.2 Å². The summed E-state index contributed by atoms with van der Waals surface area (Å²) in [4.78, 5) is 0. The average Bonchev–Trinajstić information content (AvgIpc) is 2.34. The summed E-state index contributed by atoms with van der Waals surface area (Å²) >= 11 is 0. The fourth-order valence-corrected chi connectivity index (χ4v) is 5.68. The Morgan fingerprint density at radius 3 is 1.94 bits per heavy atom. The van der Waals surface area contributed by atoms with Crippen LogP contribution in [-0.4, -0.2) is 33.0 Å². The first-order valence-electron chi connectivity index (χ1n) is 6.79. The Morgan fingerprint density at radius 2 is 1.35 bits per heavy atom. The molecule has 100 valence electrons. The molecule has 0 unspecified atom stereocenters. The van der Waals surface area contributed by atoms with Crippen LogP contribution in [0.15, 0.2) is 0 Å². The van der Waals surface area contributed by atoms with E-state index in [0.29, 0.717) is 0 Å². The van der Waals surface area contributed by atoms with E-state index in [0.717, 1.165) is 49.7 Å². The van der Waals surface area contributed by atoms with Gasteiger partial charge in [-0.3, -0.25) is 0 Å². The molecule has 2 nitrogen and oxygen atoms in total. The Morgan fingerprint density at radius 1 is 0.824 bits per heavy atom. The third kappa shape index (κ3) is 4.93. The molecule has 0 saturated heterocycles. The molecule has 0 aromatic heterocycles. The lowest BCUT2D eigenvalue weighted by Gasteiger charge is -2.24. The number of thiol groups is 1. The van der Waals surface area contributed by atoms with Crippen LogP contribution in [0.2, 0.25) is 0 Å². The summed E-state index contributed by atoms with van der Waals surface area (Å²) < 4.78 is 0. The minimum Gasteiger partial charge on any atom is -0.393 e. The van der Waals surface area contributed by atoms with Crippen molar-refractivity contribution in [2.24, 2.45) is 5.92 Å². The first-order valence-corrected chi connectivity index (χ1v) is 9.24. The fraction of sp³-hybridized carbons (Fsp3) is 0.923. The van der Waals surface area contributed by atoms with Gasteiger partial charge in [0.25, 0.3) is 0 Å². The number of aliphatic hydroxyl groups excluding tert-OH is 2. The van der Waals surface area contributed by atoms with Gasteiger partial charge in [0.2, 0.25) is 0 Å². The number of rotatable bonds is 3. The molecule has 2 saturated carbocycles. The lowest BCUT2D eigenvalue weighted by Crippen LogP contribution is -2.19. The molecule has 4 heteroatoms. The van der Waals surface area contributed by atoms with Crippen molar-refractivity contribution in [3.63, 3.8) is 0 Å². The summed E-state index contributed by atoms with van der Waals surface area (Å²) in [6.45, 7) is 0. The predicted octanol–water partition coefficient (Wildman–Crippen LogP) is 2.76. The normalized spacial score (nSPS) is 40.1. The first kappa shape index (κ1) is 13.9. The summed E-state index contributed by atoms with van der Waals surface area (Å²) in [5, 5.41) is 22.1. The van der Waals surface area contributed by atoms with Gasteiger partial charge in [-0.2, -0.15) is 0 Å². The minimum absolute atomic E-state index is 0.0349. The van der Waals surface area contributed by atoms with E-state index in [1.54, 1.807) is 0 Å². The van der Waals surface area contributed by atoms with Crippen molar-refractivity contribution in [3.8, 4) is 0 Å². The van der Waals surface area contributed by atoms with Crippen LogP contribution in [0.4, 0.5) is 0 Å². The van der Waals surface area contributed by atoms with Crippen molar-refractivity contribution in [1.29, 1.82) is 0 Å². The van der Waals surface area contributed by atoms with Crippen LogP contribution in [0.1, 0.15) is 51.4 Å². The van der Waals surface area contributed by atoms with E-state index in [2.05, 4.69) is 5.37 Å². The number of aliphatic hydroxyl groups is 2. The van der Waals surface area contributed by atoms with Gasteiger partial charge in [0.15, 0.2) is 0 Å². The molecule has 2 rings (SSSR count). The van der Waals surface area contributed by atoms with E-state index in [1.807, 2.05) is 10.8 Å². The Hall–Kier alpha value is 0.490. The number of hydrogen-bond acceptors (Lipinski definition) is 3. The van der Waals surface area contributed by atoms with Crippen LogP contribution in [0.25, 0.3) is 0 Å². The molecule has 2 fully saturated rings. The lowest BCUT2D eigenvalue weighted by atomic mass is 9.89. The first-order chi connectivity index (χ1) is 8.24. The molecule has 2 aliphatic carbocycles. The van der Waals surface area contributed by atoms with E-state index in [1.165, 1.54) is 23.2 Å². The molecule has 2 aliphatic rings. The SMILES string of the molecule is OC1CCC(/C=[SH]/SC2CCC(O)CC2)CC1. The Balaban J connectivity index is 1.64. The standard InChI is InChI=1S/C13H24O2S2/c14-11-3-1-10(2-4-11)9-16-17-13-7-5-12(15)6-8-13/h9-16H,1-8H2. The quantitative estimate of drug-likeness (QED) is 0.422. The molecule has 0 heterocycles. The average molecular weight is 276 g/mol. The molecule has 0 atom stereocenters. The summed E-state index contributed by atoms with van der Waals surface area (Å²) in [6, 6.07) is 0. The molecule has 0 bridgehead atoms. The second kappa shape index (κ2) is 7.17. The van der Waals surface area contributed by atoms with Gasteiger partial charge in [-0.05, 0) is 57.3 Å². The molecule has 0 amide bonds. The Labute approximate surface area is 112 Å². The van der Waals surface area contributed by atoms with Gasteiger partial charge in [-0.15, -0.1) is 21.2 Å². The van der Waals surface area contributed by atoms with E-state index < -0.39 is 0 Å². The van der Waals surface area contributed by atoms with Crippen molar-refractivity contribution in [1.82, 2.24) is 0 Å². The Bertz CT molecular complexity index is 242. The van der Waals surface area contributed by atoms with Crippen molar-refractivity contribution < 1.29 is 10.2 Å². The van der Waals surface area contributed by atoms with E-state index in [4.69, 9.17) is 0 Å². The van der Waals surface area contributed by atoms with Gasteiger partial charge in [0.1, 0.15) is 0 Å². The molecular formula is C13H24O2S2. The van der Waals surface area contributed by atoms with Gasteiger partial charge < -0.3 is 10.2 Å². The zero-order chi connectivity index (χ0) is 12.1. The topological polar surface area (TPSA) is 40.5 Å². The summed E-state index contributed by atoms with van der Waals surface area (Å²) in [5.41, 5.74) is 0. The zero-order valence-electron chi connectivity index (χ0n) is 10.3. The highest BCUT2D eigenvalue weighted by Crippen LogP contribution is 2.33. The van der Waals surface area contributed by atoms with Crippen LogP contribution in [0, 0.1) is 5.92 Å². The lowest BCUT2D eigenvalue weighted by molar-refractivity contribution is 0.122. The smallest absolute Gasteiger partial charge is 0.0541 e. The second-order valence-corrected chi connectivity index (χ2v) is 8.01. The summed E-state index contributed by atoms with van der Waals surface area (Å²) in [6.07, 6.45) is 8.55. The molecule has 0 aliphatic heterocycles. The van der Waals surface area contributed by atoms with Crippen LogP contribution < -0.4 is 0 Å². The van der Waals surface area contributed by atoms with Gasteiger partial charge in [-0.1, -0.05) is 5.37 Å². The van der Waals surface area contributed by atoms with Crippen LogP contribution in [-0.2, 0) is 0 Å². The maximum Gasteiger partial charge on any atom is 0.0541 e. The number of hydrogen-bond donors (Lipinski definition) is 3. The maximum atomic E-state index is 9.44. The highest BCUT2D eigenvalue weighted by molar-refractivity contribution is 8.75. The molecule has 0 aromatic carbocycles. The molecule has 17 heavy (non-hydrogen) atoms. The third-order valence-electron chi connectivity index (χ3n) is 3.87. The van der Waals surface area contributed by atoms with Crippen molar-refractivity contribution >= 4 is 26.5 Å². The highest BCUT2D eigenvalue weighted by atomic mass is 33.1. The summed E-state index contributed by atoms with van der Waals surface area (Å²) in [7, 11) is 3.44. The van der Waals surface area contributed by atoms with Crippen LogP contribution in [0.3, 0.4) is 0 Å². The monoisotopic (exact) mass is 276 g/mol. The molecule has 0 radical (unpaired) electrons. The van der Waals surface area contributed by atoms with Gasteiger partial charge in [-0.25, -0.2) is 0 Å². The second-order valence-electron chi connectivity index (χ2n) is 5.36. The van der Waals surface area contributed by atoms with E-state index >= 15 is 0 Å². The largest absolute Gasteiger partial charge is 0.393 e. The van der Waals surface area contributed by atoms with Gasteiger partial charge >= 0.3 is 0 Å². The Kier molecular flexibility index (Phi) is 5.87. The molecular weight excluding hydrogens is 252 g/mol. The molecule has 2 N–H and O–H groups in total. The minimum atomic E-state index is -0.0381. The van der Waals surface area contributed by atoms with Crippen molar-refractivity contribution in [2.45, 2.75) is 68.8 Å². The van der Waals surface area contributed by atoms with Gasteiger partial charge in [0, 0.05) is 5.25 Å². The highest BCUT2D eigenvalue weighted by Gasteiger charge is 2.20. The van der Waals surface area contributed by atoms with Crippen LogP contribution in [0.5, 0.6) is 0 Å². The van der Waals surface area contributed by atoms with Crippen molar-refractivity contribution in [3.05, 3.63) is 0 Å². The maximum absolute atomic E-state index is 9.44. The van der Waals surface area contributed by atoms with E-state index in [-0.39, 0.29) is 12.2 Å². The van der Waals surface area contributed by atoms with E-state index in [9.17, 15) is 10.2 Å². The molecule has 0 spiro atoms. The zero-order valence-corrected chi connectivity index (χ0v) is 12.0. The molecule has 0 aromatic rings. The third-order valence-corrected chi connectivity index (χ3v) is 6.93. The summed E-state index contributed by atoms with van der Waals surface area (Å²) in [5.74, 6) is 0.724.